The number of halogens is 1. The Bertz CT molecular complexity index is 655. The first-order valence-corrected chi connectivity index (χ1v) is 9.79. The van der Waals surface area contributed by atoms with Crippen molar-refractivity contribution < 1.29 is 17.9 Å². The number of aryl methyl sites for hydroxylation is 1. The fourth-order valence-corrected chi connectivity index (χ4v) is 3.91. The summed E-state index contributed by atoms with van der Waals surface area (Å²) >= 11 is 5.66. The summed E-state index contributed by atoms with van der Waals surface area (Å²) in [5.74, 6) is 0.453. The molecule has 0 N–H and O–H groups in total. The highest BCUT2D eigenvalue weighted by atomic mass is 35.5. The minimum Gasteiger partial charge on any atom is -0.366 e. The number of carbonyl (C=O) groups excluding carboxylic acids is 1. The molecule has 1 aromatic carbocycles. The Morgan fingerprint density at radius 3 is 2.46 bits per heavy atom. The lowest BCUT2D eigenvalue weighted by Crippen LogP contribution is -2.55. The van der Waals surface area contributed by atoms with E-state index in [1.54, 1.807) is 26.2 Å². The fourth-order valence-electron chi connectivity index (χ4n) is 2.27. The zero-order valence-corrected chi connectivity index (χ0v) is 15.5. The Labute approximate surface area is 148 Å². The Balaban J connectivity index is 1.87. The number of alkyl halides is 1. The standard InChI is InChI=1S/C16H23ClN2O4S/c1-18(2)16(20)12-23-14-10-19(11-14)24(21,22)15-7-5-13(6-8-15)4-3-9-17/h5-8,14H,3-4,9-12H2,1-2H3. The predicted octanol–water partition coefficient (Wildman–Crippen LogP) is 1.34. The lowest BCUT2D eigenvalue weighted by molar-refractivity contribution is -0.138. The molecular formula is C16H23ClN2O4S. The van der Waals surface area contributed by atoms with Crippen molar-refractivity contribution in [1.82, 2.24) is 9.21 Å². The number of carbonyl (C=O) groups is 1. The molecule has 1 heterocycles. The predicted molar refractivity (Wildman–Crippen MR) is 92.7 cm³/mol. The van der Waals surface area contributed by atoms with Crippen molar-refractivity contribution in [3.05, 3.63) is 29.8 Å². The molecular weight excluding hydrogens is 352 g/mol. The van der Waals surface area contributed by atoms with Crippen LogP contribution in [0.4, 0.5) is 0 Å². The molecule has 1 aromatic rings. The van der Waals surface area contributed by atoms with Gasteiger partial charge in [0.1, 0.15) is 6.61 Å². The first-order valence-electron chi connectivity index (χ1n) is 7.81. The van der Waals surface area contributed by atoms with Crippen LogP contribution in [0.1, 0.15) is 12.0 Å². The number of benzene rings is 1. The summed E-state index contributed by atoms with van der Waals surface area (Å²) < 4.78 is 31.8. The van der Waals surface area contributed by atoms with E-state index in [1.807, 2.05) is 12.1 Å². The van der Waals surface area contributed by atoms with Gasteiger partial charge in [0.25, 0.3) is 0 Å². The summed E-state index contributed by atoms with van der Waals surface area (Å²) in [7, 11) is -0.190. The van der Waals surface area contributed by atoms with Gasteiger partial charge in [-0.3, -0.25) is 4.79 Å². The topological polar surface area (TPSA) is 66.9 Å². The van der Waals surface area contributed by atoms with Crippen molar-refractivity contribution in [1.29, 1.82) is 0 Å². The van der Waals surface area contributed by atoms with Crippen LogP contribution >= 0.6 is 11.6 Å². The van der Waals surface area contributed by atoms with E-state index in [-0.39, 0.29) is 36.6 Å². The van der Waals surface area contributed by atoms with Crippen molar-refractivity contribution in [3.8, 4) is 0 Å². The quantitative estimate of drug-likeness (QED) is 0.644. The van der Waals surface area contributed by atoms with Crippen LogP contribution in [0.25, 0.3) is 0 Å². The molecule has 2 rings (SSSR count). The van der Waals surface area contributed by atoms with Gasteiger partial charge < -0.3 is 9.64 Å². The maximum absolute atomic E-state index is 12.5. The zero-order valence-electron chi connectivity index (χ0n) is 13.9. The van der Waals surface area contributed by atoms with Crippen LogP contribution in [-0.4, -0.2) is 69.3 Å². The third-order valence-electron chi connectivity index (χ3n) is 3.92. The highest BCUT2D eigenvalue weighted by molar-refractivity contribution is 7.89. The number of hydrogen-bond donors (Lipinski definition) is 0. The third-order valence-corrected chi connectivity index (χ3v) is 6.03. The maximum atomic E-state index is 12.5. The average molecular weight is 375 g/mol. The molecule has 0 aliphatic carbocycles. The molecule has 1 saturated heterocycles. The van der Waals surface area contributed by atoms with Crippen molar-refractivity contribution in [2.75, 3.05) is 39.7 Å². The van der Waals surface area contributed by atoms with E-state index in [9.17, 15) is 13.2 Å². The summed E-state index contributed by atoms with van der Waals surface area (Å²) in [6.07, 6.45) is 1.47. The first kappa shape index (κ1) is 19.2. The molecule has 24 heavy (non-hydrogen) atoms. The van der Waals surface area contributed by atoms with Crippen LogP contribution in [0.15, 0.2) is 29.2 Å². The molecule has 0 radical (unpaired) electrons. The highest BCUT2D eigenvalue weighted by Crippen LogP contribution is 2.23. The maximum Gasteiger partial charge on any atom is 0.248 e. The molecule has 1 aliphatic rings. The summed E-state index contributed by atoms with van der Waals surface area (Å²) in [6.45, 7) is 0.523. The Kier molecular flexibility index (Phi) is 6.62. The van der Waals surface area contributed by atoms with Crippen LogP contribution in [-0.2, 0) is 26.0 Å². The van der Waals surface area contributed by atoms with Gasteiger partial charge in [0.05, 0.1) is 11.0 Å². The lowest BCUT2D eigenvalue weighted by Gasteiger charge is -2.37. The highest BCUT2D eigenvalue weighted by Gasteiger charge is 2.37. The van der Waals surface area contributed by atoms with E-state index in [4.69, 9.17) is 16.3 Å². The zero-order chi connectivity index (χ0) is 17.7. The van der Waals surface area contributed by atoms with Gasteiger partial charge in [-0.1, -0.05) is 12.1 Å². The Morgan fingerprint density at radius 1 is 1.29 bits per heavy atom. The number of rotatable bonds is 8. The van der Waals surface area contributed by atoms with Gasteiger partial charge in [0, 0.05) is 33.1 Å². The van der Waals surface area contributed by atoms with Gasteiger partial charge >= 0.3 is 0 Å². The van der Waals surface area contributed by atoms with E-state index in [2.05, 4.69) is 0 Å². The molecule has 6 nitrogen and oxygen atoms in total. The summed E-state index contributed by atoms with van der Waals surface area (Å²) in [5.41, 5.74) is 1.07. The summed E-state index contributed by atoms with van der Waals surface area (Å²) in [6, 6.07) is 6.90. The van der Waals surface area contributed by atoms with Crippen molar-refractivity contribution in [2.45, 2.75) is 23.8 Å². The van der Waals surface area contributed by atoms with Gasteiger partial charge in [-0.05, 0) is 30.5 Å². The lowest BCUT2D eigenvalue weighted by atomic mass is 10.1. The van der Waals surface area contributed by atoms with Crippen molar-refractivity contribution in [3.63, 3.8) is 0 Å². The molecule has 134 valence electrons. The molecule has 0 saturated carbocycles. The molecule has 0 bridgehead atoms. The van der Waals surface area contributed by atoms with E-state index in [0.717, 1.165) is 18.4 Å². The third kappa shape index (κ3) is 4.69. The van der Waals surface area contributed by atoms with E-state index < -0.39 is 10.0 Å². The monoisotopic (exact) mass is 374 g/mol. The molecule has 0 spiro atoms. The number of sulfonamides is 1. The summed E-state index contributed by atoms with van der Waals surface area (Å²) in [4.78, 5) is 13.2. The van der Waals surface area contributed by atoms with E-state index >= 15 is 0 Å². The second kappa shape index (κ2) is 8.29. The number of hydrogen-bond acceptors (Lipinski definition) is 4. The second-order valence-corrected chi connectivity index (χ2v) is 8.30. The number of ether oxygens (including phenoxy) is 1. The summed E-state index contributed by atoms with van der Waals surface area (Å²) in [5, 5.41) is 0. The van der Waals surface area contributed by atoms with Gasteiger partial charge in [-0.15, -0.1) is 11.6 Å². The molecule has 1 fully saturated rings. The normalized spacial score (nSPS) is 16.0. The van der Waals surface area contributed by atoms with Crippen LogP contribution in [0, 0.1) is 0 Å². The van der Waals surface area contributed by atoms with Crippen LogP contribution < -0.4 is 0 Å². The van der Waals surface area contributed by atoms with Crippen molar-refractivity contribution >= 4 is 27.5 Å². The smallest absolute Gasteiger partial charge is 0.248 e. The van der Waals surface area contributed by atoms with Crippen LogP contribution in [0.2, 0.25) is 0 Å². The minimum atomic E-state index is -3.50. The largest absolute Gasteiger partial charge is 0.366 e. The first-order chi connectivity index (χ1) is 11.3. The van der Waals surface area contributed by atoms with Gasteiger partial charge in [-0.2, -0.15) is 4.31 Å². The molecule has 0 atom stereocenters. The number of amides is 1. The van der Waals surface area contributed by atoms with Crippen LogP contribution in [0.5, 0.6) is 0 Å². The minimum absolute atomic E-state index is 0.0270. The van der Waals surface area contributed by atoms with Crippen molar-refractivity contribution in [2.24, 2.45) is 0 Å². The van der Waals surface area contributed by atoms with Crippen LogP contribution in [0.3, 0.4) is 0 Å². The van der Waals surface area contributed by atoms with E-state index in [0.29, 0.717) is 5.88 Å². The van der Waals surface area contributed by atoms with E-state index in [1.165, 1.54) is 9.21 Å². The molecule has 1 amide bonds. The number of nitrogens with zero attached hydrogens (tertiary/aromatic N) is 2. The van der Waals surface area contributed by atoms with Gasteiger partial charge in [0.15, 0.2) is 0 Å². The Hall–Kier alpha value is -1.15. The van der Waals surface area contributed by atoms with Gasteiger partial charge in [-0.25, -0.2) is 8.42 Å². The Morgan fingerprint density at radius 2 is 1.92 bits per heavy atom. The fraction of sp³-hybridized carbons (Fsp3) is 0.562. The molecule has 0 unspecified atom stereocenters. The molecule has 8 heteroatoms. The number of likely N-dealkylation sites (N-methyl/N-ethyl adjacent to an activating group) is 1. The molecule has 0 aromatic heterocycles. The SMILES string of the molecule is CN(C)C(=O)COC1CN(S(=O)(=O)c2ccc(CCCCl)cc2)C1. The van der Waals surface area contributed by atoms with Gasteiger partial charge in [0.2, 0.25) is 15.9 Å². The molecule has 1 aliphatic heterocycles. The average Bonchev–Trinajstić information content (AvgIpc) is 2.51. The second-order valence-electron chi connectivity index (χ2n) is 5.98.